The van der Waals surface area contributed by atoms with E-state index in [0.29, 0.717) is 53.6 Å². The summed E-state index contributed by atoms with van der Waals surface area (Å²) in [6.45, 7) is 8.84. The predicted octanol–water partition coefficient (Wildman–Crippen LogP) is 6.47. The lowest BCUT2D eigenvalue weighted by Gasteiger charge is -2.23. The number of likely N-dealkylation sites (N-methyl/N-ethyl adjacent to an activating group) is 1. The van der Waals surface area contributed by atoms with Crippen LogP contribution < -0.4 is 0 Å². The largest absolute Gasteiger partial charge is 0.481 e. The van der Waals surface area contributed by atoms with Crippen LogP contribution in [0.3, 0.4) is 0 Å². The zero-order chi connectivity index (χ0) is 31.2. The number of aromatic nitrogens is 3. The first-order valence-corrected chi connectivity index (χ1v) is 15.7. The number of likely N-dealkylation sites (tertiary alicyclic amines) is 1. The molecule has 1 N–H and O–H groups in total. The number of hydrogen-bond donors (Lipinski definition) is 1. The van der Waals surface area contributed by atoms with Gasteiger partial charge in [-0.2, -0.15) is 10.4 Å². The molecule has 0 amide bonds. The molecule has 10 heteroatoms. The Labute approximate surface area is 266 Å². The first-order valence-electron chi connectivity index (χ1n) is 15.3. The number of oxazole rings is 1. The molecule has 45 heavy (non-hydrogen) atoms. The molecule has 228 valence electrons. The van der Waals surface area contributed by atoms with Crippen LogP contribution in [0.5, 0.6) is 0 Å². The van der Waals surface area contributed by atoms with Crippen molar-refractivity contribution in [3.05, 3.63) is 87.7 Å². The molecule has 3 aromatic carbocycles. The molecule has 1 saturated heterocycles. The third-order valence-electron chi connectivity index (χ3n) is 9.17. The highest BCUT2D eigenvalue weighted by molar-refractivity contribution is 6.35. The Hall–Kier alpha value is -4.49. The third-order valence-corrected chi connectivity index (χ3v) is 9.57. The molecule has 2 aliphatic rings. The summed E-state index contributed by atoms with van der Waals surface area (Å²) in [7, 11) is 0. The van der Waals surface area contributed by atoms with E-state index < -0.39 is 5.97 Å². The number of rotatable bonds is 7. The molecular weight excluding hydrogens is 588 g/mol. The van der Waals surface area contributed by atoms with Gasteiger partial charge in [0.2, 0.25) is 5.89 Å². The fraction of sp³-hybridized carbons (Fsp3) is 0.314. The summed E-state index contributed by atoms with van der Waals surface area (Å²) in [6.07, 6.45) is 3.70. The SMILES string of the molecule is CCN1CCc2cn(-c3cccc(-c4cccc(-c5nc6cc(CN7CC[C@@H](C(=O)O)C7)cc(C#N)c6o5)c4C)c3Cl)nc2C1. The molecule has 2 aromatic heterocycles. The van der Waals surface area contributed by atoms with Crippen LogP contribution in [0.1, 0.15) is 41.3 Å². The van der Waals surface area contributed by atoms with Gasteiger partial charge in [0.05, 0.1) is 27.9 Å². The van der Waals surface area contributed by atoms with E-state index in [1.165, 1.54) is 5.56 Å². The van der Waals surface area contributed by atoms with E-state index in [-0.39, 0.29) is 5.92 Å². The summed E-state index contributed by atoms with van der Waals surface area (Å²) >= 11 is 7.10. The van der Waals surface area contributed by atoms with Crippen LogP contribution in [0.15, 0.2) is 59.1 Å². The maximum absolute atomic E-state index is 11.4. The van der Waals surface area contributed by atoms with Crippen LogP contribution in [0.4, 0.5) is 0 Å². The Morgan fingerprint density at radius 2 is 1.93 bits per heavy atom. The van der Waals surface area contributed by atoms with E-state index in [9.17, 15) is 15.2 Å². The van der Waals surface area contributed by atoms with Crippen molar-refractivity contribution in [3.8, 4) is 34.3 Å². The number of carboxylic acids is 1. The van der Waals surface area contributed by atoms with Crippen molar-refractivity contribution in [3.63, 3.8) is 0 Å². The minimum Gasteiger partial charge on any atom is -0.481 e. The van der Waals surface area contributed by atoms with Crippen molar-refractivity contribution in [2.75, 3.05) is 26.2 Å². The van der Waals surface area contributed by atoms with E-state index in [2.05, 4.69) is 29.0 Å². The Bertz CT molecular complexity index is 1990. The second-order valence-electron chi connectivity index (χ2n) is 12.0. The minimum absolute atomic E-state index is 0.358. The quantitative estimate of drug-likeness (QED) is 0.220. The normalized spacial score (nSPS) is 17.1. The van der Waals surface area contributed by atoms with Gasteiger partial charge in [-0.15, -0.1) is 0 Å². The molecular formula is C35H33ClN6O3. The second-order valence-corrected chi connectivity index (χ2v) is 12.3. The molecule has 2 aliphatic heterocycles. The number of fused-ring (bicyclic) bond motifs is 2. The molecule has 0 spiro atoms. The number of nitrogens with zero attached hydrogens (tertiary/aromatic N) is 6. The summed E-state index contributed by atoms with van der Waals surface area (Å²) in [5.74, 6) is -0.692. The maximum Gasteiger partial charge on any atom is 0.307 e. The zero-order valence-corrected chi connectivity index (χ0v) is 26.0. The van der Waals surface area contributed by atoms with Gasteiger partial charge in [-0.3, -0.25) is 14.6 Å². The van der Waals surface area contributed by atoms with E-state index in [0.717, 1.165) is 65.3 Å². The average Bonchev–Trinajstić information content (AvgIpc) is 3.79. The van der Waals surface area contributed by atoms with Crippen molar-refractivity contribution in [2.45, 2.75) is 39.8 Å². The predicted molar refractivity (Wildman–Crippen MR) is 172 cm³/mol. The topological polar surface area (TPSA) is 111 Å². The number of hydrogen-bond acceptors (Lipinski definition) is 7. The Morgan fingerprint density at radius 1 is 1.13 bits per heavy atom. The molecule has 0 saturated carbocycles. The van der Waals surface area contributed by atoms with Crippen LogP contribution in [0, 0.1) is 24.2 Å². The molecule has 7 rings (SSSR count). The van der Waals surface area contributed by atoms with Crippen LogP contribution in [-0.4, -0.2) is 61.8 Å². The average molecular weight is 621 g/mol. The van der Waals surface area contributed by atoms with Gasteiger partial charge in [-0.05, 0) is 79.4 Å². The summed E-state index contributed by atoms with van der Waals surface area (Å²) < 4.78 is 8.14. The first-order chi connectivity index (χ1) is 21.8. The number of halogens is 1. The monoisotopic (exact) mass is 620 g/mol. The van der Waals surface area contributed by atoms with Gasteiger partial charge in [0.1, 0.15) is 11.6 Å². The summed E-state index contributed by atoms with van der Waals surface area (Å²) in [6, 6.07) is 18.0. The lowest BCUT2D eigenvalue weighted by Crippen LogP contribution is -2.29. The number of carbonyl (C=O) groups is 1. The van der Waals surface area contributed by atoms with Crippen molar-refractivity contribution >= 4 is 28.7 Å². The van der Waals surface area contributed by atoms with E-state index in [1.54, 1.807) is 0 Å². The highest BCUT2D eigenvalue weighted by Crippen LogP contribution is 2.39. The molecule has 1 atom stereocenters. The number of carboxylic acid groups (broad SMARTS) is 1. The fourth-order valence-electron chi connectivity index (χ4n) is 6.63. The molecule has 0 bridgehead atoms. The van der Waals surface area contributed by atoms with E-state index >= 15 is 0 Å². The zero-order valence-electron chi connectivity index (χ0n) is 25.3. The molecule has 1 fully saturated rings. The van der Waals surface area contributed by atoms with E-state index in [4.69, 9.17) is 26.1 Å². The van der Waals surface area contributed by atoms with Gasteiger partial charge in [0.25, 0.3) is 0 Å². The highest BCUT2D eigenvalue weighted by Gasteiger charge is 2.28. The maximum atomic E-state index is 11.4. The Balaban J connectivity index is 1.22. The van der Waals surface area contributed by atoms with Crippen molar-refractivity contribution in [1.29, 1.82) is 5.26 Å². The van der Waals surface area contributed by atoms with Crippen molar-refractivity contribution in [1.82, 2.24) is 24.6 Å². The van der Waals surface area contributed by atoms with Crippen LogP contribution >= 0.6 is 11.6 Å². The lowest BCUT2D eigenvalue weighted by molar-refractivity contribution is -0.141. The van der Waals surface area contributed by atoms with Crippen LogP contribution in [-0.2, 0) is 24.3 Å². The van der Waals surface area contributed by atoms with Gasteiger partial charge in [-0.25, -0.2) is 9.67 Å². The first kappa shape index (κ1) is 29.2. The van der Waals surface area contributed by atoms with Crippen LogP contribution in [0.2, 0.25) is 5.02 Å². The Kier molecular flexibility index (Phi) is 7.66. The summed E-state index contributed by atoms with van der Waals surface area (Å²) in [5, 5.41) is 24.8. The smallest absolute Gasteiger partial charge is 0.307 e. The fourth-order valence-corrected chi connectivity index (χ4v) is 6.94. The number of benzene rings is 3. The molecule has 4 heterocycles. The van der Waals surface area contributed by atoms with Gasteiger partial charge < -0.3 is 9.52 Å². The third kappa shape index (κ3) is 5.39. The molecule has 5 aromatic rings. The van der Waals surface area contributed by atoms with Gasteiger partial charge in [0.15, 0.2) is 5.58 Å². The van der Waals surface area contributed by atoms with Crippen molar-refractivity contribution in [2.24, 2.45) is 5.92 Å². The molecule has 9 nitrogen and oxygen atoms in total. The molecule has 0 unspecified atom stereocenters. The lowest BCUT2D eigenvalue weighted by atomic mass is 9.96. The van der Waals surface area contributed by atoms with Crippen molar-refractivity contribution < 1.29 is 14.3 Å². The number of aliphatic carboxylic acids is 1. The molecule has 0 aliphatic carbocycles. The molecule has 0 radical (unpaired) electrons. The Morgan fingerprint density at radius 3 is 2.71 bits per heavy atom. The van der Waals surface area contributed by atoms with E-state index in [1.807, 2.05) is 60.1 Å². The standard InChI is InChI=1S/C35H33ClN6O3/c1-3-40-12-10-23-19-42(39-30(23)20-40)31-9-5-8-28(32(31)36)26-6-4-7-27(21(26)2)34-38-29-15-22(14-25(16-37)33(29)45-34)17-41-13-11-24(18-41)35(43)44/h4-9,14-15,19,24H,3,10-13,17-18,20H2,1-2H3,(H,43,44)/t24-/m1/s1. The summed E-state index contributed by atoms with van der Waals surface area (Å²) in [5.41, 5.74) is 9.16. The van der Waals surface area contributed by atoms with Gasteiger partial charge >= 0.3 is 5.97 Å². The van der Waals surface area contributed by atoms with Gasteiger partial charge in [0, 0.05) is 43.5 Å². The minimum atomic E-state index is -0.763. The number of nitriles is 1. The van der Waals surface area contributed by atoms with Crippen LogP contribution in [0.25, 0.3) is 39.4 Å². The second kappa shape index (κ2) is 11.8. The highest BCUT2D eigenvalue weighted by atomic mass is 35.5. The van der Waals surface area contributed by atoms with Gasteiger partial charge in [-0.1, -0.05) is 42.8 Å². The summed E-state index contributed by atoms with van der Waals surface area (Å²) in [4.78, 5) is 20.7.